The first-order chi connectivity index (χ1) is 13.9. The van der Waals surface area contributed by atoms with Crippen LogP contribution in [0, 0.1) is 0 Å². The van der Waals surface area contributed by atoms with Crippen LogP contribution in [0.5, 0.6) is 0 Å². The largest absolute Gasteiger partial charge is 0.342 e. The van der Waals surface area contributed by atoms with Gasteiger partial charge in [-0.2, -0.15) is 0 Å². The molecule has 1 aromatic heterocycles. The summed E-state index contributed by atoms with van der Waals surface area (Å²) in [6.45, 7) is 4.62. The SMILES string of the molecule is CCn1c(SCc2ccc(Cl)c(Cl)c2)nnc1[C@H](C)NC(=O)c1ccccc1Br. The summed E-state index contributed by atoms with van der Waals surface area (Å²) in [4.78, 5) is 12.6. The fraction of sp³-hybridized carbons (Fsp3) is 0.250. The maximum Gasteiger partial charge on any atom is 0.253 e. The molecule has 1 heterocycles. The first-order valence-corrected chi connectivity index (χ1v) is 11.5. The van der Waals surface area contributed by atoms with Crippen molar-refractivity contribution in [2.24, 2.45) is 0 Å². The number of rotatable bonds is 7. The van der Waals surface area contributed by atoms with Crippen LogP contribution in [0.1, 0.15) is 41.6 Å². The molecule has 1 atom stereocenters. The van der Waals surface area contributed by atoms with E-state index < -0.39 is 0 Å². The Morgan fingerprint density at radius 3 is 2.66 bits per heavy atom. The second-order valence-corrected chi connectivity index (χ2v) is 8.91. The molecule has 0 unspecified atom stereocenters. The zero-order valence-electron chi connectivity index (χ0n) is 15.8. The Hall–Kier alpha value is -1.54. The second-order valence-electron chi connectivity index (χ2n) is 6.30. The molecule has 0 spiro atoms. The molecule has 0 bridgehead atoms. The topological polar surface area (TPSA) is 59.8 Å². The van der Waals surface area contributed by atoms with Gasteiger partial charge in [-0.05, 0) is 59.6 Å². The number of thioether (sulfide) groups is 1. The van der Waals surface area contributed by atoms with Crippen molar-refractivity contribution in [2.75, 3.05) is 0 Å². The summed E-state index contributed by atoms with van der Waals surface area (Å²) in [7, 11) is 0. The molecule has 0 fully saturated rings. The number of hydrogen-bond acceptors (Lipinski definition) is 4. The second kappa shape index (κ2) is 9.98. The van der Waals surface area contributed by atoms with Crippen LogP contribution >= 0.6 is 50.9 Å². The molecule has 152 valence electrons. The molecular formula is C20H19BrCl2N4OS. The van der Waals surface area contributed by atoms with E-state index in [9.17, 15) is 4.79 Å². The highest BCUT2D eigenvalue weighted by Gasteiger charge is 2.20. The number of carbonyl (C=O) groups is 1. The van der Waals surface area contributed by atoms with Gasteiger partial charge in [-0.15, -0.1) is 10.2 Å². The van der Waals surface area contributed by atoms with E-state index in [1.165, 1.54) is 0 Å². The number of hydrogen-bond donors (Lipinski definition) is 1. The van der Waals surface area contributed by atoms with Gasteiger partial charge in [0.1, 0.15) is 0 Å². The van der Waals surface area contributed by atoms with Crippen molar-refractivity contribution in [3.63, 3.8) is 0 Å². The Bertz CT molecular complexity index is 1030. The average molecular weight is 514 g/mol. The molecule has 1 amide bonds. The molecular weight excluding hydrogens is 495 g/mol. The fourth-order valence-electron chi connectivity index (χ4n) is 2.79. The highest BCUT2D eigenvalue weighted by Crippen LogP contribution is 2.28. The van der Waals surface area contributed by atoms with Crippen molar-refractivity contribution in [3.05, 3.63) is 73.9 Å². The molecule has 29 heavy (non-hydrogen) atoms. The van der Waals surface area contributed by atoms with Crippen LogP contribution in [0.15, 0.2) is 52.1 Å². The lowest BCUT2D eigenvalue weighted by Crippen LogP contribution is -2.29. The van der Waals surface area contributed by atoms with E-state index in [-0.39, 0.29) is 11.9 Å². The number of nitrogens with one attached hydrogen (secondary N) is 1. The molecule has 1 N–H and O–H groups in total. The first-order valence-electron chi connectivity index (χ1n) is 8.96. The molecule has 0 radical (unpaired) electrons. The zero-order valence-corrected chi connectivity index (χ0v) is 19.7. The van der Waals surface area contributed by atoms with Crippen LogP contribution in [0.2, 0.25) is 10.0 Å². The smallest absolute Gasteiger partial charge is 0.253 e. The molecule has 0 saturated heterocycles. The lowest BCUT2D eigenvalue weighted by atomic mass is 10.2. The number of benzene rings is 2. The molecule has 3 aromatic rings. The van der Waals surface area contributed by atoms with E-state index >= 15 is 0 Å². The van der Waals surface area contributed by atoms with E-state index in [2.05, 4.69) is 31.4 Å². The Labute approximate surface area is 192 Å². The first kappa shape index (κ1) is 22.2. The van der Waals surface area contributed by atoms with Gasteiger partial charge in [-0.3, -0.25) is 4.79 Å². The van der Waals surface area contributed by atoms with Crippen molar-refractivity contribution in [1.29, 1.82) is 0 Å². The van der Waals surface area contributed by atoms with Gasteiger partial charge in [0.05, 0.1) is 21.7 Å². The number of aromatic nitrogens is 3. The molecule has 9 heteroatoms. The maximum atomic E-state index is 12.6. The van der Waals surface area contributed by atoms with E-state index in [0.29, 0.717) is 33.7 Å². The molecule has 3 rings (SSSR count). The van der Waals surface area contributed by atoms with Crippen molar-refractivity contribution in [1.82, 2.24) is 20.1 Å². The van der Waals surface area contributed by atoms with E-state index in [1.54, 1.807) is 23.9 Å². The minimum Gasteiger partial charge on any atom is -0.342 e. The summed E-state index contributed by atoms with van der Waals surface area (Å²) in [5, 5.41) is 13.5. The molecule has 0 aliphatic heterocycles. The van der Waals surface area contributed by atoms with Crippen molar-refractivity contribution < 1.29 is 4.79 Å². The molecule has 0 aliphatic carbocycles. The van der Waals surface area contributed by atoms with E-state index in [0.717, 1.165) is 15.2 Å². The predicted octanol–water partition coefficient (Wildman–Crippen LogP) is 6.15. The summed E-state index contributed by atoms with van der Waals surface area (Å²) >= 11 is 17.0. The fourth-order valence-corrected chi connectivity index (χ4v) is 4.52. The van der Waals surface area contributed by atoms with Gasteiger partial charge in [-0.25, -0.2) is 0 Å². The van der Waals surface area contributed by atoms with Crippen LogP contribution in [0.25, 0.3) is 0 Å². The van der Waals surface area contributed by atoms with Gasteiger partial charge in [0.15, 0.2) is 11.0 Å². The minimum absolute atomic E-state index is 0.166. The third-order valence-electron chi connectivity index (χ3n) is 4.27. The molecule has 0 aliphatic rings. The Morgan fingerprint density at radius 2 is 1.97 bits per heavy atom. The average Bonchev–Trinajstić information content (AvgIpc) is 3.12. The van der Waals surface area contributed by atoms with Crippen molar-refractivity contribution in [2.45, 2.75) is 37.3 Å². The highest BCUT2D eigenvalue weighted by molar-refractivity contribution is 9.10. The number of nitrogens with zero attached hydrogens (tertiary/aromatic N) is 3. The van der Waals surface area contributed by atoms with Crippen LogP contribution in [-0.4, -0.2) is 20.7 Å². The maximum absolute atomic E-state index is 12.6. The van der Waals surface area contributed by atoms with E-state index in [1.807, 2.05) is 48.7 Å². The van der Waals surface area contributed by atoms with E-state index in [4.69, 9.17) is 23.2 Å². The van der Waals surface area contributed by atoms with Gasteiger partial charge in [-0.1, -0.05) is 53.2 Å². The summed E-state index contributed by atoms with van der Waals surface area (Å²) in [6, 6.07) is 12.6. The van der Waals surface area contributed by atoms with Gasteiger partial charge in [0.25, 0.3) is 5.91 Å². The minimum atomic E-state index is -0.290. The third-order valence-corrected chi connectivity index (χ3v) is 6.74. The lowest BCUT2D eigenvalue weighted by Gasteiger charge is -2.15. The van der Waals surface area contributed by atoms with Gasteiger partial charge in [0.2, 0.25) is 0 Å². The monoisotopic (exact) mass is 512 g/mol. The van der Waals surface area contributed by atoms with Gasteiger partial charge >= 0.3 is 0 Å². The number of halogens is 3. The third kappa shape index (κ3) is 5.34. The normalized spacial score (nSPS) is 12.0. The Morgan fingerprint density at radius 1 is 1.21 bits per heavy atom. The molecule has 2 aromatic carbocycles. The number of carbonyl (C=O) groups excluding carboxylic acids is 1. The Kier molecular flexibility index (Phi) is 7.62. The summed E-state index contributed by atoms with van der Waals surface area (Å²) < 4.78 is 2.76. The Balaban J connectivity index is 1.72. The van der Waals surface area contributed by atoms with Crippen LogP contribution < -0.4 is 5.32 Å². The summed E-state index contributed by atoms with van der Waals surface area (Å²) in [5.41, 5.74) is 1.63. The zero-order chi connectivity index (χ0) is 21.0. The predicted molar refractivity (Wildman–Crippen MR) is 122 cm³/mol. The standard InChI is InChI=1S/C20H19BrCl2N4OS/c1-3-27-18(12(2)24-19(28)14-6-4-5-7-15(14)21)25-26-20(27)29-11-13-8-9-16(22)17(23)10-13/h4-10,12H,3,11H2,1-2H3,(H,24,28)/t12-/m0/s1. The quantitative estimate of drug-likeness (QED) is 0.385. The molecule has 5 nitrogen and oxygen atoms in total. The lowest BCUT2D eigenvalue weighted by molar-refractivity contribution is 0.0936. The van der Waals surface area contributed by atoms with Crippen LogP contribution in [-0.2, 0) is 12.3 Å². The number of amides is 1. The summed E-state index contributed by atoms with van der Waals surface area (Å²) in [6.07, 6.45) is 0. The van der Waals surface area contributed by atoms with Gasteiger partial charge < -0.3 is 9.88 Å². The molecule has 0 saturated carbocycles. The summed E-state index contributed by atoms with van der Waals surface area (Å²) in [5.74, 6) is 1.23. The van der Waals surface area contributed by atoms with Crippen molar-refractivity contribution in [3.8, 4) is 0 Å². The van der Waals surface area contributed by atoms with Crippen LogP contribution in [0.3, 0.4) is 0 Å². The van der Waals surface area contributed by atoms with Gasteiger partial charge in [0, 0.05) is 16.8 Å². The van der Waals surface area contributed by atoms with Crippen molar-refractivity contribution >= 4 is 56.8 Å². The van der Waals surface area contributed by atoms with Crippen LogP contribution in [0.4, 0.5) is 0 Å². The highest BCUT2D eigenvalue weighted by atomic mass is 79.9.